The summed E-state index contributed by atoms with van der Waals surface area (Å²) in [5, 5.41) is 9.99. The number of benzene rings is 1. The van der Waals surface area contributed by atoms with Gasteiger partial charge in [0.1, 0.15) is 5.82 Å². The highest BCUT2D eigenvalue weighted by Crippen LogP contribution is 2.31. The van der Waals surface area contributed by atoms with E-state index in [2.05, 4.69) is 18.8 Å². The minimum Gasteiger partial charge on any atom is -0.478 e. The third-order valence-electron chi connectivity index (χ3n) is 3.46. The van der Waals surface area contributed by atoms with E-state index in [0.717, 1.165) is 5.69 Å². The maximum Gasteiger partial charge on any atom is 0.336 e. The van der Waals surface area contributed by atoms with Crippen molar-refractivity contribution in [3.05, 3.63) is 40.8 Å². The largest absolute Gasteiger partial charge is 0.478 e. The molecule has 1 aromatic carbocycles. The van der Waals surface area contributed by atoms with Crippen LogP contribution in [0.25, 0.3) is 10.9 Å². The number of hydrogen-bond donors (Lipinski definition) is 1. The van der Waals surface area contributed by atoms with E-state index < -0.39 is 11.8 Å². The highest BCUT2D eigenvalue weighted by Gasteiger charge is 2.22. The van der Waals surface area contributed by atoms with Crippen molar-refractivity contribution in [1.82, 2.24) is 4.98 Å². The fraction of sp³-hybridized carbons (Fsp3) is 0.412. The van der Waals surface area contributed by atoms with Crippen molar-refractivity contribution in [2.24, 2.45) is 5.92 Å². The lowest BCUT2D eigenvalue weighted by Gasteiger charge is -2.18. The molecule has 3 nitrogen and oxygen atoms in total. The molecule has 0 aliphatic carbocycles. The molecule has 2 rings (SSSR count). The van der Waals surface area contributed by atoms with Crippen LogP contribution >= 0.6 is 0 Å². The zero-order chi connectivity index (χ0) is 15.7. The Kier molecular flexibility index (Phi) is 4.26. The molecule has 112 valence electrons. The van der Waals surface area contributed by atoms with Gasteiger partial charge in [0.05, 0.1) is 11.1 Å². The first-order valence-corrected chi connectivity index (χ1v) is 7.16. The van der Waals surface area contributed by atoms with Gasteiger partial charge in [-0.2, -0.15) is 0 Å². The van der Waals surface area contributed by atoms with E-state index in [9.17, 15) is 14.3 Å². The van der Waals surface area contributed by atoms with Gasteiger partial charge >= 0.3 is 5.97 Å². The first-order valence-electron chi connectivity index (χ1n) is 7.16. The monoisotopic (exact) mass is 289 g/mol. The molecule has 1 N–H and O–H groups in total. The predicted octanol–water partition coefficient (Wildman–Crippen LogP) is 4.39. The molecule has 2 aromatic rings. The molecular weight excluding hydrogens is 269 g/mol. The maximum atomic E-state index is 13.5. The number of carboxylic acid groups (broad SMARTS) is 1. The minimum absolute atomic E-state index is 0.0185. The summed E-state index contributed by atoms with van der Waals surface area (Å²) in [5.74, 6) is -1.08. The fourth-order valence-electron chi connectivity index (χ4n) is 2.70. The second-order valence-corrected chi connectivity index (χ2v) is 6.07. The number of rotatable bonds is 4. The first kappa shape index (κ1) is 15.4. The Morgan fingerprint density at radius 3 is 2.48 bits per heavy atom. The number of hydrogen-bond acceptors (Lipinski definition) is 2. The molecule has 0 atom stereocenters. The van der Waals surface area contributed by atoms with Crippen molar-refractivity contribution in [3.63, 3.8) is 0 Å². The van der Waals surface area contributed by atoms with Crippen molar-refractivity contribution in [3.8, 4) is 0 Å². The van der Waals surface area contributed by atoms with E-state index in [1.54, 1.807) is 6.07 Å². The lowest BCUT2D eigenvalue weighted by atomic mass is 9.89. The topological polar surface area (TPSA) is 50.2 Å². The minimum atomic E-state index is -1.03. The Hall–Kier alpha value is -1.97. The van der Waals surface area contributed by atoms with E-state index in [1.807, 2.05) is 13.8 Å². The van der Waals surface area contributed by atoms with Crippen LogP contribution in [-0.2, 0) is 6.42 Å². The second-order valence-electron chi connectivity index (χ2n) is 6.07. The Morgan fingerprint density at radius 2 is 1.95 bits per heavy atom. The summed E-state index contributed by atoms with van der Waals surface area (Å²) in [5.41, 5.74) is 2.24. The Balaban J connectivity index is 2.88. The molecular formula is C17H20FNO2. The molecule has 4 heteroatoms. The lowest BCUT2D eigenvalue weighted by molar-refractivity contribution is 0.0697. The average Bonchev–Trinajstić information content (AvgIpc) is 2.36. The number of nitrogens with zero attached hydrogens (tertiary/aromatic N) is 1. The molecule has 0 spiro atoms. The molecule has 0 fully saturated rings. The fourth-order valence-corrected chi connectivity index (χ4v) is 2.70. The van der Waals surface area contributed by atoms with Gasteiger partial charge < -0.3 is 5.11 Å². The van der Waals surface area contributed by atoms with E-state index >= 15 is 0 Å². The highest BCUT2D eigenvalue weighted by molar-refractivity contribution is 6.04. The van der Waals surface area contributed by atoms with E-state index in [4.69, 9.17) is 0 Å². The molecule has 0 bridgehead atoms. The van der Waals surface area contributed by atoms with Gasteiger partial charge in [-0.3, -0.25) is 4.98 Å². The molecule has 0 aliphatic heterocycles. The summed E-state index contributed by atoms with van der Waals surface area (Å²) in [4.78, 5) is 16.3. The van der Waals surface area contributed by atoms with Crippen molar-refractivity contribution in [1.29, 1.82) is 0 Å². The van der Waals surface area contributed by atoms with Crippen LogP contribution < -0.4 is 0 Å². The number of aromatic carboxylic acids is 1. The highest BCUT2D eigenvalue weighted by atomic mass is 19.1. The molecule has 1 heterocycles. The third kappa shape index (κ3) is 3.04. The van der Waals surface area contributed by atoms with Crippen LogP contribution in [0.5, 0.6) is 0 Å². The quantitative estimate of drug-likeness (QED) is 0.908. The molecule has 0 saturated heterocycles. The Morgan fingerprint density at radius 1 is 1.29 bits per heavy atom. The third-order valence-corrected chi connectivity index (χ3v) is 3.46. The molecule has 0 saturated carbocycles. The normalized spacial score (nSPS) is 11.6. The number of carboxylic acids is 1. The van der Waals surface area contributed by atoms with Gasteiger partial charge in [-0.25, -0.2) is 9.18 Å². The first-order chi connectivity index (χ1) is 9.81. The number of fused-ring (bicyclic) bond motifs is 1. The second kappa shape index (κ2) is 5.80. The lowest BCUT2D eigenvalue weighted by Crippen LogP contribution is -2.12. The molecule has 0 radical (unpaired) electrons. The maximum absolute atomic E-state index is 13.5. The Labute approximate surface area is 123 Å². The van der Waals surface area contributed by atoms with Crippen LogP contribution in [0.4, 0.5) is 4.39 Å². The molecule has 1 aromatic heterocycles. The predicted molar refractivity (Wildman–Crippen MR) is 81.3 cm³/mol. The van der Waals surface area contributed by atoms with Crippen LogP contribution in [0.2, 0.25) is 0 Å². The number of aromatic nitrogens is 1. The van der Waals surface area contributed by atoms with Gasteiger partial charge in [-0.15, -0.1) is 0 Å². The van der Waals surface area contributed by atoms with Crippen LogP contribution in [0, 0.1) is 11.7 Å². The number of carbonyl (C=O) groups is 1. The SMILES string of the molecule is CC(C)Cc1nc2ccc(F)cc2c(C(=O)O)c1C(C)C. The van der Waals surface area contributed by atoms with E-state index in [1.165, 1.54) is 12.1 Å². The van der Waals surface area contributed by atoms with E-state index in [0.29, 0.717) is 28.8 Å². The summed E-state index contributed by atoms with van der Waals surface area (Å²) in [6.07, 6.45) is 0.709. The van der Waals surface area contributed by atoms with Crippen molar-refractivity contribution in [2.75, 3.05) is 0 Å². The molecule has 21 heavy (non-hydrogen) atoms. The van der Waals surface area contributed by atoms with Gasteiger partial charge in [-0.05, 0) is 42.0 Å². The summed E-state index contributed by atoms with van der Waals surface area (Å²) in [6.45, 7) is 8.03. The van der Waals surface area contributed by atoms with Gasteiger partial charge in [-0.1, -0.05) is 27.7 Å². The van der Waals surface area contributed by atoms with Gasteiger partial charge in [0.25, 0.3) is 0 Å². The smallest absolute Gasteiger partial charge is 0.336 e. The van der Waals surface area contributed by atoms with Crippen molar-refractivity contribution >= 4 is 16.9 Å². The van der Waals surface area contributed by atoms with Crippen LogP contribution in [0.1, 0.15) is 55.2 Å². The zero-order valence-corrected chi connectivity index (χ0v) is 12.8. The molecule has 0 aliphatic rings. The van der Waals surface area contributed by atoms with Crippen LogP contribution in [0.15, 0.2) is 18.2 Å². The summed E-state index contributed by atoms with van der Waals surface area (Å²) in [6, 6.07) is 4.12. The van der Waals surface area contributed by atoms with E-state index in [-0.39, 0.29) is 11.5 Å². The average molecular weight is 289 g/mol. The number of pyridine rings is 1. The van der Waals surface area contributed by atoms with Gasteiger partial charge in [0, 0.05) is 11.1 Å². The van der Waals surface area contributed by atoms with Crippen LogP contribution in [-0.4, -0.2) is 16.1 Å². The molecule has 0 amide bonds. The summed E-state index contributed by atoms with van der Waals surface area (Å²) in [7, 11) is 0. The summed E-state index contributed by atoms with van der Waals surface area (Å²) < 4.78 is 13.5. The van der Waals surface area contributed by atoms with Crippen LogP contribution in [0.3, 0.4) is 0 Å². The van der Waals surface area contributed by atoms with Gasteiger partial charge in [0.15, 0.2) is 0 Å². The standard InChI is InChI=1S/C17H20FNO2/c1-9(2)7-14-15(10(3)4)16(17(20)21)12-8-11(18)5-6-13(12)19-14/h5-6,8-10H,7H2,1-4H3,(H,20,21). The number of halogens is 1. The summed E-state index contributed by atoms with van der Waals surface area (Å²) >= 11 is 0. The molecule has 0 unspecified atom stereocenters. The zero-order valence-electron chi connectivity index (χ0n) is 12.8. The van der Waals surface area contributed by atoms with Crippen molar-refractivity contribution < 1.29 is 14.3 Å². The Bertz CT molecular complexity index is 693. The van der Waals surface area contributed by atoms with Crippen molar-refractivity contribution in [2.45, 2.75) is 40.0 Å². The van der Waals surface area contributed by atoms with Gasteiger partial charge in [0.2, 0.25) is 0 Å².